The van der Waals surface area contributed by atoms with Gasteiger partial charge in [-0.25, -0.2) is 9.18 Å². The number of aryl methyl sites for hydroxylation is 1. The molecule has 2 N–H and O–H groups in total. The van der Waals surface area contributed by atoms with Crippen molar-refractivity contribution in [2.75, 3.05) is 6.61 Å². The van der Waals surface area contributed by atoms with Crippen LogP contribution < -0.4 is 5.32 Å². The quantitative estimate of drug-likeness (QED) is 0.856. The molecule has 1 aliphatic rings. The second-order valence-electron chi connectivity index (χ2n) is 4.56. The van der Waals surface area contributed by atoms with Gasteiger partial charge in [0.05, 0.1) is 6.04 Å². The van der Waals surface area contributed by atoms with E-state index in [2.05, 4.69) is 5.32 Å². The normalized spacial score (nSPS) is 23.2. The Labute approximate surface area is 109 Å². The Morgan fingerprint density at radius 2 is 2.26 bits per heavy atom. The third-order valence-corrected chi connectivity index (χ3v) is 3.00. The highest BCUT2D eigenvalue weighted by atomic mass is 19.1. The molecule has 1 aromatic rings. The van der Waals surface area contributed by atoms with Gasteiger partial charge in [-0.1, -0.05) is 17.7 Å². The largest absolute Gasteiger partial charge is 0.465 e. The number of hydrogen-bond donors (Lipinski definition) is 2. The molecule has 1 heterocycles. The first kappa shape index (κ1) is 13.5. The van der Waals surface area contributed by atoms with Gasteiger partial charge in [-0.3, -0.25) is 4.79 Å². The summed E-state index contributed by atoms with van der Waals surface area (Å²) in [6.07, 6.45) is -2.04. The minimum atomic E-state index is -1.26. The molecule has 0 unspecified atom stereocenters. The minimum Gasteiger partial charge on any atom is -0.465 e. The lowest BCUT2D eigenvalue weighted by Crippen LogP contribution is -2.45. The Hall–Kier alpha value is -1.95. The second kappa shape index (κ2) is 5.36. The lowest BCUT2D eigenvalue weighted by atomic mass is 9.94. The van der Waals surface area contributed by atoms with E-state index in [1.165, 1.54) is 6.07 Å². The fourth-order valence-electron chi connectivity index (χ4n) is 2.18. The molecular formula is C13H14FNO4. The fraction of sp³-hybridized carbons (Fsp3) is 0.385. The van der Waals surface area contributed by atoms with Crippen LogP contribution in [0.5, 0.6) is 0 Å². The number of carbonyl (C=O) groups excluding carboxylic acids is 1. The number of nitrogens with one attached hydrogen (secondary N) is 1. The third-order valence-electron chi connectivity index (χ3n) is 3.00. The monoisotopic (exact) mass is 267 g/mol. The van der Waals surface area contributed by atoms with Gasteiger partial charge in [0, 0.05) is 12.0 Å². The smallest absolute Gasteiger partial charge is 0.404 e. The first-order chi connectivity index (χ1) is 8.97. The molecule has 1 fully saturated rings. The predicted molar refractivity (Wildman–Crippen MR) is 64.4 cm³/mol. The molecule has 102 valence electrons. The Balaban J connectivity index is 2.31. The average molecular weight is 267 g/mol. The highest BCUT2D eigenvalue weighted by Gasteiger charge is 2.34. The molecular weight excluding hydrogens is 253 g/mol. The maximum absolute atomic E-state index is 13.8. The fourth-order valence-corrected chi connectivity index (χ4v) is 2.18. The van der Waals surface area contributed by atoms with Crippen molar-refractivity contribution in [3.05, 3.63) is 35.1 Å². The van der Waals surface area contributed by atoms with Crippen LogP contribution in [0.25, 0.3) is 0 Å². The van der Waals surface area contributed by atoms with Crippen LogP contribution in [-0.2, 0) is 9.53 Å². The topological polar surface area (TPSA) is 75.6 Å². The van der Waals surface area contributed by atoms with Crippen LogP contribution in [0.3, 0.4) is 0 Å². The summed E-state index contributed by atoms with van der Waals surface area (Å²) in [7, 11) is 0. The van der Waals surface area contributed by atoms with Crippen LogP contribution in [0.1, 0.15) is 23.7 Å². The maximum Gasteiger partial charge on any atom is 0.404 e. The molecule has 5 nitrogen and oxygen atoms in total. The van der Waals surface area contributed by atoms with Gasteiger partial charge in [0.1, 0.15) is 18.5 Å². The summed E-state index contributed by atoms with van der Waals surface area (Å²) >= 11 is 0. The zero-order chi connectivity index (χ0) is 14.0. The molecule has 0 radical (unpaired) electrons. The SMILES string of the molecule is Cc1ccc(F)c([C@H]2OCC(=O)C[C@@H]2NC(=O)O)c1. The van der Waals surface area contributed by atoms with Crippen molar-refractivity contribution in [3.8, 4) is 0 Å². The first-order valence-electron chi connectivity index (χ1n) is 5.86. The molecule has 6 heteroatoms. The summed E-state index contributed by atoms with van der Waals surface area (Å²) in [5.74, 6) is -0.676. The molecule has 0 aromatic heterocycles. The van der Waals surface area contributed by atoms with E-state index in [1.54, 1.807) is 19.1 Å². The van der Waals surface area contributed by atoms with Gasteiger partial charge in [0.25, 0.3) is 0 Å². The number of amides is 1. The van der Waals surface area contributed by atoms with Crippen LogP contribution in [-0.4, -0.2) is 29.6 Å². The number of Topliss-reactive ketones (excluding diaryl/α,β-unsaturated/α-hetero) is 1. The molecule has 2 atom stereocenters. The van der Waals surface area contributed by atoms with Crippen molar-refractivity contribution >= 4 is 11.9 Å². The Morgan fingerprint density at radius 1 is 1.53 bits per heavy atom. The number of ketones is 1. The zero-order valence-corrected chi connectivity index (χ0v) is 10.4. The lowest BCUT2D eigenvalue weighted by Gasteiger charge is -2.31. The number of ether oxygens (including phenoxy) is 1. The van der Waals surface area contributed by atoms with Crippen LogP contribution in [0, 0.1) is 12.7 Å². The van der Waals surface area contributed by atoms with E-state index in [-0.39, 0.29) is 24.4 Å². The number of rotatable bonds is 2. The summed E-state index contributed by atoms with van der Waals surface area (Å²) in [6.45, 7) is 1.67. The standard InChI is InChI=1S/C13H14FNO4/c1-7-2-3-10(14)9(4-7)12-11(15-13(17)18)5-8(16)6-19-12/h2-4,11-12,15H,5-6H2,1H3,(H,17,18)/t11-,12+/m0/s1. The van der Waals surface area contributed by atoms with E-state index in [4.69, 9.17) is 9.84 Å². The van der Waals surface area contributed by atoms with E-state index >= 15 is 0 Å². The van der Waals surface area contributed by atoms with Gasteiger partial charge >= 0.3 is 6.09 Å². The molecule has 1 aromatic carbocycles. The summed E-state index contributed by atoms with van der Waals surface area (Å²) in [5.41, 5.74) is 1.11. The molecule has 0 saturated carbocycles. The van der Waals surface area contributed by atoms with E-state index in [9.17, 15) is 14.0 Å². The molecule has 0 spiro atoms. The molecule has 1 amide bonds. The number of halogens is 1. The van der Waals surface area contributed by atoms with E-state index in [0.717, 1.165) is 5.56 Å². The van der Waals surface area contributed by atoms with Gasteiger partial charge in [-0.2, -0.15) is 0 Å². The van der Waals surface area contributed by atoms with E-state index < -0.39 is 24.1 Å². The van der Waals surface area contributed by atoms with Crippen LogP contribution in [0.15, 0.2) is 18.2 Å². The number of hydrogen-bond acceptors (Lipinski definition) is 3. The Bertz CT molecular complexity index is 515. The van der Waals surface area contributed by atoms with E-state index in [1.807, 2.05) is 0 Å². The molecule has 1 saturated heterocycles. The summed E-state index contributed by atoms with van der Waals surface area (Å²) in [6, 6.07) is 3.76. The van der Waals surface area contributed by atoms with Gasteiger partial charge in [-0.15, -0.1) is 0 Å². The average Bonchev–Trinajstić information content (AvgIpc) is 2.32. The van der Waals surface area contributed by atoms with E-state index in [0.29, 0.717) is 0 Å². The van der Waals surface area contributed by atoms with Crippen molar-refractivity contribution < 1.29 is 23.8 Å². The van der Waals surface area contributed by atoms with Crippen molar-refractivity contribution in [1.82, 2.24) is 5.32 Å². The molecule has 1 aliphatic heterocycles. The number of carboxylic acid groups (broad SMARTS) is 1. The Morgan fingerprint density at radius 3 is 2.95 bits per heavy atom. The molecule has 19 heavy (non-hydrogen) atoms. The maximum atomic E-state index is 13.8. The van der Waals surface area contributed by atoms with Crippen molar-refractivity contribution in [2.24, 2.45) is 0 Å². The predicted octanol–water partition coefficient (Wildman–Crippen LogP) is 1.80. The number of benzene rings is 1. The zero-order valence-electron chi connectivity index (χ0n) is 10.4. The molecule has 2 rings (SSSR count). The van der Waals surface area contributed by atoms with Crippen molar-refractivity contribution in [1.29, 1.82) is 0 Å². The van der Waals surface area contributed by atoms with Crippen LogP contribution in [0.2, 0.25) is 0 Å². The second-order valence-corrected chi connectivity index (χ2v) is 4.56. The first-order valence-corrected chi connectivity index (χ1v) is 5.86. The van der Waals surface area contributed by atoms with Gasteiger partial charge < -0.3 is 15.2 Å². The molecule has 0 aliphatic carbocycles. The van der Waals surface area contributed by atoms with Crippen molar-refractivity contribution in [3.63, 3.8) is 0 Å². The summed E-state index contributed by atoms with van der Waals surface area (Å²) in [4.78, 5) is 22.1. The molecule has 0 bridgehead atoms. The van der Waals surface area contributed by atoms with Crippen LogP contribution >= 0.6 is 0 Å². The summed E-state index contributed by atoms with van der Waals surface area (Å²) < 4.78 is 19.1. The van der Waals surface area contributed by atoms with Gasteiger partial charge in [0.15, 0.2) is 5.78 Å². The summed E-state index contributed by atoms with van der Waals surface area (Å²) in [5, 5.41) is 11.0. The van der Waals surface area contributed by atoms with Crippen LogP contribution in [0.4, 0.5) is 9.18 Å². The Kier molecular flexibility index (Phi) is 3.80. The number of carbonyl (C=O) groups is 2. The minimum absolute atomic E-state index is 0.00431. The third kappa shape index (κ3) is 3.08. The van der Waals surface area contributed by atoms with Gasteiger partial charge in [0.2, 0.25) is 0 Å². The highest BCUT2D eigenvalue weighted by Crippen LogP contribution is 2.29. The lowest BCUT2D eigenvalue weighted by molar-refractivity contribution is -0.133. The highest BCUT2D eigenvalue weighted by molar-refractivity contribution is 5.81. The van der Waals surface area contributed by atoms with Crippen molar-refractivity contribution in [2.45, 2.75) is 25.5 Å². The van der Waals surface area contributed by atoms with Gasteiger partial charge in [-0.05, 0) is 13.0 Å².